The Bertz CT molecular complexity index is 969. The highest BCUT2D eigenvalue weighted by Gasteiger charge is 2.20. The quantitative estimate of drug-likeness (QED) is 0.758. The molecule has 0 unspecified atom stereocenters. The first-order valence-corrected chi connectivity index (χ1v) is 8.75. The van der Waals surface area contributed by atoms with Gasteiger partial charge in [-0.2, -0.15) is 10.2 Å². The number of anilines is 1. The summed E-state index contributed by atoms with van der Waals surface area (Å²) in [6, 6.07) is 7.66. The first-order valence-electron chi connectivity index (χ1n) is 8.38. The average molecular weight is 372 g/mol. The van der Waals surface area contributed by atoms with Crippen LogP contribution < -0.4 is 5.32 Å². The molecule has 26 heavy (non-hydrogen) atoms. The van der Waals surface area contributed by atoms with Gasteiger partial charge in [0.1, 0.15) is 0 Å². The first kappa shape index (κ1) is 18.2. The highest BCUT2D eigenvalue weighted by atomic mass is 35.5. The fourth-order valence-corrected chi connectivity index (χ4v) is 3.20. The highest BCUT2D eigenvalue weighted by molar-refractivity contribution is 6.30. The molecular weight excluding hydrogens is 350 g/mol. The normalized spacial score (nSPS) is 11.0. The van der Waals surface area contributed by atoms with E-state index in [2.05, 4.69) is 15.5 Å². The van der Waals surface area contributed by atoms with E-state index < -0.39 is 0 Å². The van der Waals surface area contributed by atoms with E-state index in [0.717, 1.165) is 28.3 Å². The second-order valence-electron chi connectivity index (χ2n) is 6.45. The van der Waals surface area contributed by atoms with E-state index in [1.807, 2.05) is 63.7 Å². The van der Waals surface area contributed by atoms with Gasteiger partial charge in [0, 0.05) is 17.8 Å². The number of aryl methyl sites for hydroxylation is 3. The molecule has 3 aromatic rings. The van der Waals surface area contributed by atoms with E-state index in [-0.39, 0.29) is 5.91 Å². The lowest BCUT2D eigenvalue weighted by molar-refractivity contribution is 0.102. The summed E-state index contributed by atoms with van der Waals surface area (Å²) in [7, 11) is 1.83. The van der Waals surface area contributed by atoms with Gasteiger partial charge in [-0.15, -0.1) is 0 Å². The van der Waals surface area contributed by atoms with E-state index in [1.54, 1.807) is 4.68 Å². The fourth-order valence-electron chi connectivity index (χ4n) is 3.07. The number of hydrogen-bond donors (Lipinski definition) is 1. The average Bonchev–Trinajstić information content (AvgIpc) is 2.99. The third-order valence-electron chi connectivity index (χ3n) is 4.60. The van der Waals surface area contributed by atoms with Gasteiger partial charge in [-0.3, -0.25) is 14.2 Å². The summed E-state index contributed by atoms with van der Waals surface area (Å²) in [5, 5.41) is 12.6. The number of nitrogens with one attached hydrogen (secondary N) is 1. The van der Waals surface area contributed by atoms with Crippen molar-refractivity contribution < 1.29 is 4.79 Å². The molecular formula is C19H22ClN5O. The van der Waals surface area contributed by atoms with Crippen molar-refractivity contribution in [2.24, 2.45) is 7.05 Å². The Morgan fingerprint density at radius 2 is 1.69 bits per heavy atom. The van der Waals surface area contributed by atoms with Gasteiger partial charge in [0.15, 0.2) is 0 Å². The van der Waals surface area contributed by atoms with E-state index >= 15 is 0 Å². The molecule has 0 fully saturated rings. The van der Waals surface area contributed by atoms with Crippen LogP contribution in [0.2, 0.25) is 5.02 Å². The summed E-state index contributed by atoms with van der Waals surface area (Å²) < 4.78 is 3.60. The van der Waals surface area contributed by atoms with Gasteiger partial charge in [0.25, 0.3) is 5.91 Å². The number of aromatic nitrogens is 4. The predicted molar refractivity (Wildman–Crippen MR) is 103 cm³/mol. The van der Waals surface area contributed by atoms with Crippen molar-refractivity contribution in [2.75, 3.05) is 5.32 Å². The van der Waals surface area contributed by atoms with Crippen molar-refractivity contribution in [1.82, 2.24) is 19.6 Å². The summed E-state index contributed by atoms with van der Waals surface area (Å²) >= 11 is 5.94. The lowest BCUT2D eigenvalue weighted by Gasteiger charge is -2.08. The van der Waals surface area contributed by atoms with Gasteiger partial charge in [-0.1, -0.05) is 23.7 Å². The minimum Gasteiger partial charge on any atom is -0.319 e. The molecule has 0 saturated heterocycles. The summed E-state index contributed by atoms with van der Waals surface area (Å²) in [4.78, 5) is 12.8. The van der Waals surface area contributed by atoms with Crippen LogP contribution in [0.5, 0.6) is 0 Å². The second kappa shape index (κ2) is 6.96. The largest absolute Gasteiger partial charge is 0.319 e. The van der Waals surface area contributed by atoms with E-state index in [4.69, 9.17) is 11.6 Å². The van der Waals surface area contributed by atoms with Crippen molar-refractivity contribution in [3.8, 4) is 0 Å². The predicted octanol–water partition coefficient (Wildman–Crippen LogP) is 3.80. The molecule has 0 saturated carbocycles. The number of carbonyl (C=O) groups is 1. The summed E-state index contributed by atoms with van der Waals surface area (Å²) in [5.74, 6) is -0.162. The molecule has 0 atom stereocenters. The number of amides is 1. The minimum atomic E-state index is -0.162. The van der Waals surface area contributed by atoms with Gasteiger partial charge in [0.05, 0.1) is 34.9 Å². The lowest BCUT2D eigenvalue weighted by Crippen LogP contribution is -2.15. The monoisotopic (exact) mass is 371 g/mol. The summed E-state index contributed by atoms with van der Waals surface area (Å²) in [6.45, 7) is 8.19. The number of halogens is 1. The van der Waals surface area contributed by atoms with Crippen molar-refractivity contribution in [1.29, 1.82) is 0 Å². The summed E-state index contributed by atoms with van der Waals surface area (Å²) in [5.41, 5.74) is 5.68. The van der Waals surface area contributed by atoms with Crippen LogP contribution in [0.4, 0.5) is 5.69 Å². The smallest absolute Gasteiger partial charge is 0.259 e. The van der Waals surface area contributed by atoms with E-state index in [9.17, 15) is 4.79 Å². The van der Waals surface area contributed by atoms with E-state index in [0.29, 0.717) is 22.8 Å². The molecule has 2 heterocycles. The number of hydrogen-bond acceptors (Lipinski definition) is 3. The van der Waals surface area contributed by atoms with Crippen LogP contribution in [0.25, 0.3) is 0 Å². The Morgan fingerprint density at radius 3 is 2.27 bits per heavy atom. The topological polar surface area (TPSA) is 64.7 Å². The van der Waals surface area contributed by atoms with Crippen LogP contribution in [0.1, 0.15) is 38.7 Å². The second-order valence-corrected chi connectivity index (χ2v) is 6.89. The van der Waals surface area contributed by atoms with Crippen molar-refractivity contribution in [2.45, 2.75) is 34.2 Å². The molecule has 0 aliphatic carbocycles. The van der Waals surface area contributed by atoms with Gasteiger partial charge >= 0.3 is 0 Å². The Morgan fingerprint density at radius 1 is 1.04 bits per heavy atom. The maximum Gasteiger partial charge on any atom is 0.259 e. The zero-order valence-corrected chi connectivity index (χ0v) is 16.3. The molecule has 3 rings (SSSR count). The molecule has 1 aromatic carbocycles. The number of rotatable bonds is 4. The first-order chi connectivity index (χ1) is 12.3. The molecule has 6 nitrogen and oxygen atoms in total. The van der Waals surface area contributed by atoms with E-state index in [1.165, 1.54) is 0 Å². The molecule has 0 aliphatic heterocycles. The Kier molecular flexibility index (Phi) is 4.87. The molecule has 1 N–H and O–H groups in total. The van der Waals surface area contributed by atoms with Crippen molar-refractivity contribution in [3.05, 3.63) is 63.2 Å². The third-order valence-corrected chi connectivity index (χ3v) is 4.85. The zero-order valence-electron chi connectivity index (χ0n) is 15.6. The molecule has 1 amide bonds. The number of benzene rings is 1. The van der Waals surface area contributed by atoms with Crippen LogP contribution in [0, 0.1) is 27.7 Å². The highest BCUT2D eigenvalue weighted by Crippen LogP contribution is 2.23. The maximum absolute atomic E-state index is 12.8. The number of nitrogens with zero attached hydrogens (tertiary/aromatic N) is 4. The Labute approximate surface area is 157 Å². The zero-order chi connectivity index (χ0) is 19.0. The standard InChI is InChI=1S/C19H22ClN5O/c1-11-17(13(3)24(5)22-11)19(26)21-18-12(2)23-25(14(18)4)10-15-6-8-16(20)9-7-15/h6-9H,10H2,1-5H3,(H,21,26). The minimum absolute atomic E-state index is 0.162. The van der Waals surface area contributed by atoms with Gasteiger partial charge < -0.3 is 5.32 Å². The van der Waals surface area contributed by atoms with Crippen molar-refractivity contribution >= 4 is 23.2 Å². The summed E-state index contributed by atoms with van der Waals surface area (Å²) in [6.07, 6.45) is 0. The maximum atomic E-state index is 12.8. The third kappa shape index (κ3) is 3.37. The van der Waals surface area contributed by atoms with Crippen molar-refractivity contribution in [3.63, 3.8) is 0 Å². The van der Waals surface area contributed by atoms with Crippen LogP contribution in [-0.4, -0.2) is 25.5 Å². The Balaban J connectivity index is 1.86. The van der Waals surface area contributed by atoms with Crippen LogP contribution in [0.3, 0.4) is 0 Å². The Hall–Kier alpha value is -2.60. The molecule has 136 valence electrons. The van der Waals surface area contributed by atoms with Gasteiger partial charge in [-0.25, -0.2) is 0 Å². The molecule has 0 spiro atoms. The molecule has 7 heteroatoms. The van der Waals surface area contributed by atoms with Gasteiger partial charge in [-0.05, 0) is 45.4 Å². The van der Waals surface area contributed by atoms with Crippen LogP contribution >= 0.6 is 11.6 Å². The molecule has 2 aromatic heterocycles. The lowest BCUT2D eigenvalue weighted by atomic mass is 10.1. The fraction of sp³-hybridized carbons (Fsp3) is 0.316. The molecule has 0 radical (unpaired) electrons. The molecule has 0 aliphatic rings. The van der Waals surface area contributed by atoms with Crippen LogP contribution in [0.15, 0.2) is 24.3 Å². The number of carbonyl (C=O) groups excluding carboxylic acids is 1. The SMILES string of the molecule is Cc1nn(Cc2ccc(Cl)cc2)c(C)c1NC(=O)c1c(C)nn(C)c1C. The van der Waals surface area contributed by atoms with Crippen LogP contribution in [-0.2, 0) is 13.6 Å². The molecule has 0 bridgehead atoms. The van der Waals surface area contributed by atoms with Gasteiger partial charge in [0.2, 0.25) is 0 Å².